The van der Waals surface area contributed by atoms with Gasteiger partial charge in [0.2, 0.25) is 0 Å². The summed E-state index contributed by atoms with van der Waals surface area (Å²) in [5.74, 6) is -0.421. The Morgan fingerprint density at radius 2 is 2.18 bits per heavy atom. The minimum Gasteiger partial charge on any atom is -0.456 e. The van der Waals surface area contributed by atoms with Crippen LogP contribution in [-0.2, 0) is 11.3 Å². The third-order valence-corrected chi connectivity index (χ3v) is 2.26. The lowest BCUT2D eigenvalue weighted by Crippen LogP contribution is -2.06. The number of hydrogen-bond acceptors (Lipinski definition) is 4. The number of halogens is 1. The third kappa shape index (κ3) is 3.26. The van der Waals surface area contributed by atoms with Gasteiger partial charge < -0.3 is 4.74 Å². The molecule has 0 aliphatic heterocycles. The van der Waals surface area contributed by atoms with Gasteiger partial charge in [-0.25, -0.2) is 4.79 Å². The molecule has 2 rings (SSSR count). The van der Waals surface area contributed by atoms with Crippen molar-refractivity contribution in [2.45, 2.75) is 6.61 Å². The standard InChI is InChI=1S/C12H9ClN2O2/c13-10-3-4-11(15-7-10)8-17-12(16)9-2-1-5-14-6-9/h1-7H,8H2. The van der Waals surface area contributed by atoms with E-state index in [9.17, 15) is 4.79 Å². The minimum atomic E-state index is -0.421. The lowest BCUT2D eigenvalue weighted by Gasteiger charge is -2.03. The Morgan fingerprint density at radius 3 is 2.82 bits per heavy atom. The number of carbonyl (C=O) groups excluding carboxylic acids is 1. The quantitative estimate of drug-likeness (QED) is 0.783. The molecule has 0 radical (unpaired) electrons. The fourth-order valence-corrected chi connectivity index (χ4v) is 1.31. The summed E-state index contributed by atoms with van der Waals surface area (Å²) in [6, 6.07) is 6.72. The second kappa shape index (κ2) is 5.41. The lowest BCUT2D eigenvalue weighted by molar-refractivity contribution is 0.0467. The second-order valence-corrected chi connectivity index (χ2v) is 3.72. The maximum absolute atomic E-state index is 11.6. The Balaban J connectivity index is 1.95. The highest BCUT2D eigenvalue weighted by Gasteiger charge is 2.07. The maximum Gasteiger partial charge on any atom is 0.340 e. The number of pyridine rings is 2. The highest BCUT2D eigenvalue weighted by molar-refractivity contribution is 6.30. The van der Waals surface area contributed by atoms with Gasteiger partial charge in [0.25, 0.3) is 0 Å². The van der Waals surface area contributed by atoms with Crippen LogP contribution in [0.25, 0.3) is 0 Å². The Morgan fingerprint density at radius 1 is 1.29 bits per heavy atom. The number of aromatic nitrogens is 2. The molecule has 0 atom stereocenters. The van der Waals surface area contributed by atoms with E-state index in [2.05, 4.69) is 9.97 Å². The van der Waals surface area contributed by atoms with Crippen LogP contribution in [0.15, 0.2) is 42.9 Å². The van der Waals surface area contributed by atoms with Crippen molar-refractivity contribution in [2.75, 3.05) is 0 Å². The first kappa shape index (κ1) is 11.5. The van der Waals surface area contributed by atoms with Crippen LogP contribution >= 0.6 is 11.6 Å². The van der Waals surface area contributed by atoms with Gasteiger partial charge in [0.05, 0.1) is 16.3 Å². The summed E-state index contributed by atoms with van der Waals surface area (Å²) in [4.78, 5) is 19.4. The largest absolute Gasteiger partial charge is 0.456 e. The van der Waals surface area contributed by atoms with E-state index in [-0.39, 0.29) is 6.61 Å². The summed E-state index contributed by atoms with van der Waals surface area (Å²) >= 11 is 5.69. The van der Waals surface area contributed by atoms with Crippen LogP contribution < -0.4 is 0 Å². The number of nitrogens with zero attached hydrogens (tertiary/aromatic N) is 2. The second-order valence-electron chi connectivity index (χ2n) is 3.29. The van der Waals surface area contributed by atoms with Gasteiger partial charge in [-0.1, -0.05) is 11.6 Å². The first-order valence-electron chi connectivity index (χ1n) is 4.93. The molecule has 0 aliphatic carbocycles. The first-order chi connectivity index (χ1) is 8.25. The molecule has 17 heavy (non-hydrogen) atoms. The van der Waals surface area contributed by atoms with Crippen LogP contribution in [0.3, 0.4) is 0 Å². The Bertz CT molecular complexity index is 500. The van der Waals surface area contributed by atoms with E-state index in [4.69, 9.17) is 16.3 Å². The van der Waals surface area contributed by atoms with E-state index in [0.717, 1.165) is 0 Å². The molecule has 86 valence electrons. The summed E-state index contributed by atoms with van der Waals surface area (Å²) in [7, 11) is 0. The van der Waals surface area contributed by atoms with E-state index in [1.54, 1.807) is 30.5 Å². The summed E-state index contributed by atoms with van der Waals surface area (Å²) in [5.41, 5.74) is 1.06. The van der Waals surface area contributed by atoms with E-state index in [1.807, 2.05) is 0 Å². The normalized spacial score (nSPS) is 9.94. The van der Waals surface area contributed by atoms with Gasteiger partial charge in [-0.15, -0.1) is 0 Å². The number of carbonyl (C=O) groups is 1. The molecule has 0 bridgehead atoms. The molecule has 4 nitrogen and oxygen atoms in total. The molecule has 5 heteroatoms. The minimum absolute atomic E-state index is 0.116. The fourth-order valence-electron chi connectivity index (χ4n) is 1.20. The summed E-state index contributed by atoms with van der Waals surface area (Å²) in [6.07, 6.45) is 4.56. The van der Waals surface area contributed by atoms with Crippen LogP contribution in [0.5, 0.6) is 0 Å². The molecular formula is C12H9ClN2O2. The summed E-state index contributed by atoms with van der Waals surface area (Å²) < 4.78 is 5.07. The smallest absolute Gasteiger partial charge is 0.340 e. The Kier molecular flexibility index (Phi) is 3.67. The van der Waals surface area contributed by atoms with Crippen molar-refractivity contribution in [2.24, 2.45) is 0 Å². The molecule has 0 amide bonds. The van der Waals surface area contributed by atoms with Gasteiger partial charge in [0.1, 0.15) is 6.61 Å². The van der Waals surface area contributed by atoms with Gasteiger partial charge in [0, 0.05) is 18.6 Å². The van der Waals surface area contributed by atoms with E-state index in [0.29, 0.717) is 16.3 Å². The molecule has 0 saturated carbocycles. The van der Waals surface area contributed by atoms with E-state index < -0.39 is 5.97 Å². The molecule has 2 heterocycles. The van der Waals surface area contributed by atoms with Crippen molar-refractivity contribution in [3.63, 3.8) is 0 Å². The fraction of sp³-hybridized carbons (Fsp3) is 0.0833. The topological polar surface area (TPSA) is 52.1 Å². The number of hydrogen-bond donors (Lipinski definition) is 0. The molecule has 0 N–H and O–H groups in total. The predicted molar refractivity (Wildman–Crippen MR) is 62.6 cm³/mol. The van der Waals surface area contributed by atoms with Crippen LogP contribution in [0.4, 0.5) is 0 Å². The van der Waals surface area contributed by atoms with Crippen molar-refractivity contribution in [3.8, 4) is 0 Å². The Labute approximate surface area is 103 Å². The molecule has 2 aromatic rings. The number of ether oxygens (including phenoxy) is 1. The van der Waals surface area contributed by atoms with Gasteiger partial charge in [-0.05, 0) is 24.3 Å². The molecular weight excluding hydrogens is 240 g/mol. The van der Waals surface area contributed by atoms with Crippen LogP contribution in [0, 0.1) is 0 Å². The monoisotopic (exact) mass is 248 g/mol. The zero-order chi connectivity index (χ0) is 12.1. The zero-order valence-electron chi connectivity index (χ0n) is 8.84. The average Bonchev–Trinajstić information content (AvgIpc) is 2.39. The lowest BCUT2D eigenvalue weighted by atomic mass is 10.3. The van der Waals surface area contributed by atoms with Crippen molar-refractivity contribution in [3.05, 3.63) is 59.1 Å². The van der Waals surface area contributed by atoms with Crippen LogP contribution in [0.2, 0.25) is 5.02 Å². The maximum atomic E-state index is 11.6. The SMILES string of the molecule is O=C(OCc1ccc(Cl)cn1)c1cccnc1. The van der Waals surface area contributed by atoms with E-state index in [1.165, 1.54) is 12.4 Å². The van der Waals surface area contributed by atoms with Crippen molar-refractivity contribution < 1.29 is 9.53 Å². The Hall–Kier alpha value is -1.94. The van der Waals surface area contributed by atoms with Crippen LogP contribution in [0.1, 0.15) is 16.1 Å². The number of esters is 1. The zero-order valence-corrected chi connectivity index (χ0v) is 9.59. The average molecular weight is 249 g/mol. The molecule has 0 aliphatic rings. The van der Waals surface area contributed by atoms with E-state index >= 15 is 0 Å². The van der Waals surface area contributed by atoms with Gasteiger partial charge in [-0.2, -0.15) is 0 Å². The van der Waals surface area contributed by atoms with Crippen molar-refractivity contribution >= 4 is 17.6 Å². The van der Waals surface area contributed by atoms with Gasteiger partial charge >= 0.3 is 5.97 Å². The third-order valence-electron chi connectivity index (χ3n) is 2.04. The van der Waals surface area contributed by atoms with Gasteiger partial charge in [0.15, 0.2) is 0 Å². The predicted octanol–water partition coefficient (Wildman–Crippen LogP) is 2.49. The summed E-state index contributed by atoms with van der Waals surface area (Å²) in [6.45, 7) is 0.116. The van der Waals surface area contributed by atoms with Crippen molar-refractivity contribution in [1.82, 2.24) is 9.97 Å². The molecule has 2 aromatic heterocycles. The molecule has 0 fully saturated rings. The summed E-state index contributed by atoms with van der Waals surface area (Å²) in [5, 5.41) is 0.548. The highest BCUT2D eigenvalue weighted by Crippen LogP contribution is 2.08. The molecule has 0 unspecified atom stereocenters. The molecule has 0 aromatic carbocycles. The first-order valence-corrected chi connectivity index (χ1v) is 5.31. The highest BCUT2D eigenvalue weighted by atomic mass is 35.5. The van der Waals surface area contributed by atoms with Gasteiger partial charge in [-0.3, -0.25) is 9.97 Å². The van der Waals surface area contributed by atoms with Crippen LogP contribution in [-0.4, -0.2) is 15.9 Å². The molecule has 0 saturated heterocycles. The molecule has 0 spiro atoms. The van der Waals surface area contributed by atoms with Crippen molar-refractivity contribution in [1.29, 1.82) is 0 Å². The number of rotatable bonds is 3.